The number of para-hydroxylation sites is 2. The maximum absolute atomic E-state index is 4.60. The van der Waals surface area contributed by atoms with E-state index in [4.69, 9.17) is 0 Å². The Labute approximate surface area is 117 Å². The Kier molecular flexibility index (Phi) is 3.46. The van der Waals surface area contributed by atoms with Crippen LogP contribution in [0.25, 0.3) is 11.0 Å². The van der Waals surface area contributed by atoms with Gasteiger partial charge in [0.2, 0.25) is 0 Å². The number of aromatic amines is 1. The summed E-state index contributed by atoms with van der Waals surface area (Å²) in [5.41, 5.74) is 6.97. The zero-order valence-electron chi connectivity index (χ0n) is 11.3. The van der Waals surface area contributed by atoms with Gasteiger partial charge in [0.15, 0.2) is 0 Å². The topological polar surface area (TPSA) is 53.1 Å². The number of hydrogen-bond donors (Lipinski definition) is 2. The van der Waals surface area contributed by atoms with Crippen molar-refractivity contribution in [1.29, 1.82) is 0 Å². The monoisotopic (exact) mass is 264 g/mol. The van der Waals surface area contributed by atoms with E-state index < -0.39 is 0 Å². The van der Waals surface area contributed by atoms with Crippen LogP contribution in [-0.4, -0.2) is 22.7 Å². The number of hydrazone groups is 1. The molecule has 20 heavy (non-hydrogen) atoms. The standard InChI is InChI=1S/C16H16N4/c1-17-20-15(12-7-3-2-4-8-12)11-16-18-13-9-5-6-10-14(13)19-16/h2-10,17H,11H2,1H3,(H,18,19)/b20-15+. The van der Waals surface area contributed by atoms with Crippen LogP contribution in [0.3, 0.4) is 0 Å². The predicted octanol–water partition coefficient (Wildman–Crippen LogP) is 2.73. The molecular formula is C16H16N4. The minimum atomic E-state index is 0.666. The lowest BCUT2D eigenvalue weighted by Gasteiger charge is -2.04. The highest BCUT2D eigenvalue weighted by atomic mass is 15.3. The first-order valence-corrected chi connectivity index (χ1v) is 6.59. The van der Waals surface area contributed by atoms with Crippen molar-refractivity contribution in [2.75, 3.05) is 7.05 Å². The number of hydrogen-bond acceptors (Lipinski definition) is 3. The van der Waals surface area contributed by atoms with Crippen LogP contribution in [0.2, 0.25) is 0 Å². The second-order valence-electron chi connectivity index (χ2n) is 4.53. The molecule has 0 amide bonds. The van der Waals surface area contributed by atoms with E-state index in [0.29, 0.717) is 6.42 Å². The molecule has 1 heterocycles. The van der Waals surface area contributed by atoms with Gasteiger partial charge in [0.25, 0.3) is 0 Å². The number of nitrogens with zero attached hydrogens (tertiary/aromatic N) is 2. The van der Waals surface area contributed by atoms with Crippen molar-refractivity contribution in [3.05, 3.63) is 66.0 Å². The van der Waals surface area contributed by atoms with Crippen molar-refractivity contribution < 1.29 is 0 Å². The van der Waals surface area contributed by atoms with Crippen molar-refractivity contribution in [3.63, 3.8) is 0 Å². The third-order valence-corrected chi connectivity index (χ3v) is 3.13. The lowest BCUT2D eigenvalue weighted by molar-refractivity contribution is 0.890. The molecule has 3 rings (SSSR count). The summed E-state index contributed by atoms with van der Waals surface area (Å²) >= 11 is 0. The fourth-order valence-electron chi connectivity index (χ4n) is 2.22. The molecule has 0 saturated heterocycles. The zero-order valence-corrected chi connectivity index (χ0v) is 11.3. The van der Waals surface area contributed by atoms with E-state index in [1.54, 1.807) is 0 Å². The first kappa shape index (κ1) is 12.4. The largest absolute Gasteiger partial charge is 0.342 e. The molecule has 0 aliphatic carbocycles. The second-order valence-corrected chi connectivity index (χ2v) is 4.53. The highest BCUT2D eigenvalue weighted by molar-refractivity contribution is 6.01. The molecular weight excluding hydrogens is 248 g/mol. The molecule has 0 saturated carbocycles. The molecule has 0 aliphatic heterocycles. The Balaban J connectivity index is 1.92. The quantitative estimate of drug-likeness (QED) is 0.562. The molecule has 4 nitrogen and oxygen atoms in total. The van der Waals surface area contributed by atoms with E-state index in [-0.39, 0.29) is 0 Å². The van der Waals surface area contributed by atoms with Gasteiger partial charge in [0, 0.05) is 7.05 Å². The number of nitrogens with one attached hydrogen (secondary N) is 2. The van der Waals surface area contributed by atoms with Crippen LogP contribution in [0.1, 0.15) is 11.4 Å². The van der Waals surface area contributed by atoms with Crippen LogP contribution in [0, 0.1) is 0 Å². The van der Waals surface area contributed by atoms with Crippen LogP contribution < -0.4 is 5.43 Å². The summed E-state index contributed by atoms with van der Waals surface area (Å²) in [5.74, 6) is 0.920. The molecule has 100 valence electrons. The van der Waals surface area contributed by atoms with Crippen molar-refractivity contribution in [3.8, 4) is 0 Å². The van der Waals surface area contributed by atoms with Gasteiger partial charge in [-0.25, -0.2) is 4.98 Å². The Bertz CT molecular complexity index is 695. The van der Waals surface area contributed by atoms with Crippen LogP contribution in [-0.2, 0) is 6.42 Å². The predicted molar refractivity (Wildman–Crippen MR) is 81.8 cm³/mol. The maximum atomic E-state index is 4.60. The van der Waals surface area contributed by atoms with Crippen molar-refractivity contribution in [1.82, 2.24) is 15.4 Å². The number of rotatable bonds is 4. The molecule has 2 aromatic carbocycles. The van der Waals surface area contributed by atoms with E-state index in [0.717, 1.165) is 28.1 Å². The Morgan fingerprint density at radius 2 is 1.85 bits per heavy atom. The number of aromatic nitrogens is 2. The van der Waals surface area contributed by atoms with Crippen LogP contribution in [0.5, 0.6) is 0 Å². The van der Waals surface area contributed by atoms with Gasteiger partial charge in [0.05, 0.1) is 23.2 Å². The average molecular weight is 264 g/mol. The Morgan fingerprint density at radius 3 is 2.60 bits per heavy atom. The molecule has 0 spiro atoms. The summed E-state index contributed by atoms with van der Waals surface area (Å²) in [7, 11) is 1.81. The fourth-order valence-corrected chi connectivity index (χ4v) is 2.22. The van der Waals surface area contributed by atoms with Crippen molar-refractivity contribution in [2.45, 2.75) is 6.42 Å². The Hall–Kier alpha value is -2.62. The van der Waals surface area contributed by atoms with Gasteiger partial charge in [-0.2, -0.15) is 5.10 Å². The summed E-state index contributed by atoms with van der Waals surface area (Å²) in [6.45, 7) is 0. The van der Waals surface area contributed by atoms with Gasteiger partial charge < -0.3 is 10.4 Å². The van der Waals surface area contributed by atoms with Crippen molar-refractivity contribution >= 4 is 16.7 Å². The molecule has 2 N–H and O–H groups in total. The normalized spacial score (nSPS) is 11.8. The first-order valence-electron chi connectivity index (χ1n) is 6.59. The SMILES string of the molecule is CN/N=C(\Cc1nc2ccccc2[nH]1)c1ccccc1. The summed E-state index contributed by atoms with van der Waals surface area (Å²) in [6, 6.07) is 18.2. The molecule has 0 aliphatic rings. The minimum Gasteiger partial charge on any atom is -0.342 e. The number of imidazole rings is 1. The molecule has 0 unspecified atom stereocenters. The molecule has 1 aromatic heterocycles. The van der Waals surface area contributed by atoms with E-state index in [2.05, 4.69) is 32.6 Å². The van der Waals surface area contributed by atoms with Gasteiger partial charge in [-0.1, -0.05) is 42.5 Å². The lowest BCUT2D eigenvalue weighted by atomic mass is 10.1. The van der Waals surface area contributed by atoms with Crippen LogP contribution in [0.4, 0.5) is 0 Å². The first-order chi connectivity index (χ1) is 9.86. The highest BCUT2D eigenvalue weighted by Crippen LogP contribution is 2.12. The molecule has 0 atom stereocenters. The molecule has 3 aromatic rings. The van der Waals surface area contributed by atoms with E-state index >= 15 is 0 Å². The number of benzene rings is 2. The maximum Gasteiger partial charge on any atom is 0.113 e. The van der Waals surface area contributed by atoms with Gasteiger partial charge in [0.1, 0.15) is 5.82 Å². The van der Waals surface area contributed by atoms with Crippen LogP contribution >= 0.6 is 0 Å². The molecule has 0 fully saturated rings. The number of fused-ring (bicyclic) bond motifs is 1. The number of H-pyrrole nitrogens is 1. The van der Waals surface area contributed by atoms with E-state index in [1.165, 1.54) is 0 Å². The molecule has 0 bridgehead atoms. The summed E-state index contributed by atoms with van der Waals surface area (Å²) < 4.78 is 0. The highest BCUT2D eigenvalue weighted by Gasteiger charge is 2.08. The van der Waals surface area contributed by atoms with Crippen molar-refractivity contribution in [2.24, 2.45) is 5.10 Å². The third kappa shape index (κ3) is 2.54. The van der Waals surface area contributed by atoms with Crippen LogP contribution in [0.15, 0.2) is 59.7 Å². The fraction of sp³-hybridized carbons (Fsp3) is 0.125. The zero-order chi connectivity index (χ0) is 13.8. The Morgan fingerprint density at radius 1 is 1.10 bits per heavy atom. The summed E-state index contributed by atoms with van der Waals surface area (Å²) in [4.78, 5) is 7.93. The summed E-state index contributed by atoms with van der Waals surface area (Å²) in [5, 5.41) is 4.37. The van der Waals surface area contributed by atoms with E-state index in [9.17, 15) is 0 Å². The third-order valence-electron chi connectivity index (χ3n) is 3.13. The minimum absolute atomic E-state index is 0.666. The molecule has 0 radical (unpaired) electrons. The molecule has 4 heteroatoms. The average Bonchev–Trinajstić information content (AvgIpc) is 2.90. The smallest absolute Gasteiger partial charge is 0.113 e. The second kappa shape index (κ2) is 5.57. The summed E-state index contributed by atoms with van der Waals surface area (Å²) in [6.07, 6.45) is 0.666. The van der Waals surface area contributed by atoms with E-state index in [1.807, 2.05) is 49.5 Å². The van der Waals surface area contributed by atoms with Gasteiger partial charge in [-0.05, 0) is 17.7 Å². The van der Waals surface area contributed by atoms with Gasteiger partial charge >= 0.3 is 0 Å². The van der Waals surface area contributed by atoms with Gasteiger partial charge in [-0.3, -0.25) is 0 Å². The van der Waals surface area contributed by atoms with Gasteiger partial charge in [-0.15, -0.1) is 0 Å². The lowest BCUT2D eigenvalue weighted by Crippen LogP contribution is -2.11.